The predicted octanol–water partition coefficient (Wildman–Crippen LogP) is 5.05. The van der Waals surface area contributed by atoms with Crippen molar-refractivity contribution >= 4 is 31.2 Å². The highest BCUT2D eigenvalue weighted by Gasteiger charge is 2.16. The van der Waals surface area contributed by atoms with E-state index in [-0.39, 0.29) is 6.61 Å². The fourth-order valence-corrected chi connectivity index (χ4v) is 4.55. The van der Waals surface area contributed by atoms with Crippen LogP contribution in [0.4, 0.5) is 0 Å². The first kappa shape index (κ1) is 28.4. The van der Waals surface area contributed by atoms with Gasteiger partial charge in [0.1, 0.15) is 12.4 Å². The fraction of sp³-hybridized carbons (Fsp3) is 0.250. The lowest BCUT2D eigenvalue weighted by Crippen LogP contribution is -2.26. The van der Waals surface area contributed by atoms with Gasteiger partial charge < -0.3 is 25.4 Å². The number of aliphatic hydroxyl groups excluding tert-OH is 1. The third-order valence-electron chi connectivity index (χ3n) is 4.56. The monoisotopic (exact) mass is 525 g/mol. The van der Waals surface area contributed by atoms with Crippen LogP contribution in [0, 0.1) is 0 Å². The van der Waals surface area contributed by atoms with E-state index in [1.165, 1.54) is 0 Å². The Labute approximate surface area is 209 Å². The average Bonchev–Trinajstić information content (AvgIpc) is 2.83. The van der Waals surface area contributed by atoms with Crippen molar-refractivity contribution in [3.8, 4) is 5.75 Å². The molecule has 5 N–H and O–H groups in total. The molecule has 0 aliphatic carbocycles. The van der Waals surface area contributed by atoms with Crippen LogP contribution in [-0.2, 0) is 22.1 Å². The Morgan fingerprint density at radius 3 is 2.38 bits per heavy atom. The van der Waals surface area contributed by atoms with Crippen LogP contribution < -0.4 is 10.5 Å². The molecule has 0 aromatic heterocycles. The second-order valence-corrected chi connectivity index (χ2v) is 9.98. The van der Waals surface area contributed by atoms with Crippen molar-refractivity contribution in [2.75, 3.05) is 13.7 Å². The molecule has 1 unspecified atom stereocenters. The van der Waals surface area contributed by atoms with Crippen LogP contribution in [0.1, 0.15) is 17.5 Å². The van der Waals surface area contributed by atoms with E-state index in [0.717, 1.165) is 33.8 Å². The molecule has 34 heavy (non-hydrogen) atoms. The average molecular weight is 526 g/mol. The lowest BCUT2D eigenvalue weighted by molar-refractivity contribution is 0.184. The molecule has 1 atom stereocenters. The van der Waals surface area contributed by atoms with Crippen LogP contribution in [0.3, 0.4) is 0 Å². The Hall–Kier alpha value is -1.87. The minimum absolute atomic E-state index is 0.210. The van der Waals surface area contributed by atoms with Crippen LogP contribution in [-0.4, -0.2) is 34.7 Å². The zero-order valence-corrected chi connectivity index (χ0v) is 21.2. The molecule has 7 nitrogen and oxygen atoms in total. The minimum atomic E-state index is -4.51. The summed E-state index contributed by atoms with van der Waals surface area (Å²) < 4.78 is 21.1. The second-order valence-electron chi connectivity index (χ2n) is 7.19. The topological polar surface area (TPSA) is 122 Å². The normalized spacial score (nSPS) is 11.9. The molecule has 0 spiro atoms. The maximum atomic E-state index is 10.8. The third-order valence-corrected chi connectivity index (χ3v) is 6.37. The summed E-state index contributed by atoms with van der Waals surface area (Å²) in [5, 5.41) is 7.62. The van der Waals surface area contributed by atoms with Gasteiger partial charge in [-0.25, -0.2) is 4.57 Å². The summed E-state index contributed by atoms with van der Waals surface area (Å²) >= 11 is 8.03. The molecule has 184 valence electrons. The third kappa shape index (κ3) is 10.6. The molecule has 0 saturated carbocycles. The summed E-state index contributed by atoms with van der Waals surface area (Å²) in [5.74, 6) is 0.799. The molecule has 10 heteroatoms. The molecule has 0 amide bonds. The van der Waals surface area contributed by atoms with Gasteiger partial charge in [-0.3, -0.25) is 4.52 Å². The Morgan fingerprint density at radius 1 is 1.00 bits per heavy atom. The summed E-state index contributed by atoms with van der Waals surface area (Å²) in [6.07, 6.45) is 1.07. The highest BCUT2D eigenvalue weighted by Crippen LogP contribution is 2.36. The molecule has 0 aliphatic rings. The summed E-state index contributed by atoms with van der Waals surface area (Å²) in [5.41, 5.74) is 7.89. The van der Waals surface area contributed by atoms with Crippen LogP contribution in [0.15, 0.2) is 82.6 Å². The summed E-state index contributed by atoms with van der Waals surface area (Å²) in [6, 6.07) is 23.2. The zero-order valence-electron chi connectivity index (χ0n) is 18.7. The van der Waals surface area contributed by atoms with Gasteiger partial charge in [0.2, 0.25) is 0 Å². The second kappa shape index (κ2) is 14.5. The van der Waals surface area contributed by atoms with Gasteiger partial charge in [0.25, 0.3) is 0 Å². The number of aryl methyl sites for hydroxylation is 1. The van der Waals surface area contributed by atoms with Crippen molar-refractivity contribution in [3.05, 3.63) is 88.9 Å². The molecule has 0 saturated heterocycles. The number of nitrogens with two attached hydrogens (primary N) is 1. The molecule has 3 rings (SSSR count). The number of rotatable bonds is 11. The number of benzene rings is 3. The number of phosphoric acid groups is 1. The van der Waals surface area contributed by atoms with E-state index in [1.807, 2.05) is 72.8 Å². The number of ether oxygens (including phenoxy) is 1. The van der Waals surface area contributed by atoms with Crippen molar-refractivity contribution in [2.45, 2.75) is 35.3 Å². The van der Waals surface area contributed by atoms with Gasteiger partial charge in [0.05, 0.1) is 6.61 Å². The Kier molecular flexibility index (Phi) is 12.1. The summed E-state index contributed by atoms with van der Waals surface area (Å²) in [7, 11) is -3.51. The standard InChI is InChI=1S/C23H25ClNO5PS.CH4O/c24-23-14-22(12-10-18(23)9-11-19(25)16-30-31(26,27)28)32-21-8-4-7-20(13-21)29-15-17-5-2-1-3-6-17;1-2/h1-8,10,12-14,19H,9,11,15-16,25H2,(H2,26,27,28);2H,1H3. The number of phosphoric ester groups is 1. The van der Waals surface area contributed by atoms with Gasteiger partial charge in [-0.1, -0.05) is 65.8 Å². The van der Waals surface area contributed by atoms with Crippen LogP contribution in [0.5, 0.6) is 5.75 Å². The van der Waals surface area contributed by atoms with Crippen LogP contribution >= 0.6 is 31.2 Å². The van der Waals surface area contributed by atoms with Crippen molar-refractivity contribution in [2.24, 2.45) is 5.73 Å². The zero-order chi connectivity index (χ0) is 25.0. The molecule has 3 aromatic rings. The van der Waals surface area contributed by atoms with E-state index in [4.69, 9.17) is 37.0 Å². The van der Waals surface area contributed by atoms with Crippen molar-refractivity contribution < 1.29 is 28.7 Å². The number of hydrogen-bond acceptors (Lipinski definition) is 6. The number of halogens is 1. The van der Waals surface area contributed by atoms with E-state index in [1.54, 1.807) is 11.8 Å². The van der Waals surface area contributed by atoms with E-state index >= 15 is 0 Å². The Balaban J connectivity index is 0.00000199. The first-order valence-electron chi connectivity index (χ1n) is 10.4. The highest BCUT2D eigenvalue weighted by atomic mass is 35.5. The Bertz CT molecular complexity index is 1070. The van der Waals surface area contributed by atoms with Gasteiger partial charge in [-0.15, -0.1) is 0 Å². The smallest absolute Gasteiger partial charge is 0.469 e. The van der Waals surface area contributed by atoms with E-state index in [2.05, 4.69) is 4.52 Å². The van der Waals surface area contributed by atoms with Crippen LogP contribution in [0.25, 0.3) is 0 Å². The summed E-state index contributed by atoms with van der Waals surface area (Å²) in [6.45, 7) is 0.301. The van der Waals surface area contributed by atoms with E-state index in [0.29, 0.717) is 24.5 Å². The fourth-order valence-electron chi connectivity index (χ4n) is 2.92. The SMILES string of the molecule is CO.NC(CCc1ccc(Sc2cccc(OCc3ccccc3)c2)cc1Cl)COP(=O)(O)O. The maximum Gasteiger partial charge on any atom is 0.469 e. The van der Waals surface area contributed by atoms with E-state index in [9.17, 15) is 4.57 Å². The van der Waals surface area contributed by atoms with Crippen LogP contribution in [0.2, 0.25) is 5.02 Å². The largest absolute Gasteiger partial charge is 0.489 e. The molecular weight excluding hydrogens is 497 g/mol. The number of hydrogen-bond donors (Lipinski definition) is 4. The van der Waals surface area contributed by atoms with Gasteiger partial charge in [-0.2, -0.15) is 0 Å². The van der Waals surface area contributed by atoms with E-state index < -0.39 is 13.9 Å². The lowest BCUT2D eigenvalue weighted by atomic mass is 10.1. The predicted molar refractivity (Wildman–Crippen MR) is 135 cm³/mol. The van der Waals surface area contributed by atoms with Gasteiger partial charge >= 0.3 is 7.82 Å². The lowest BCUT2D eigenvalue weighted by Gasteiger charge is -2.13. The molecule has 0 fully saturated rings. The molecule has 0 aliphatic heterocycles. The molecule has 0 bridgehead atoms. The molecular formula is C24H29ClNO6PS. The number of aliphatic hydroxyl groups is 1. The van der Waals surface area contributed by atoms with Gasteiger partial charge in [0, 0.05) is 28.0 Å². The van der Waals surface area contributed by atoms with Gasteiger partial charge in [0.15, 0.2) is 0 Å². The first-order chi connectivity index (χ1) is 16.3. The summed E-state index contributed by atoms with van der Waals surface area (Å²) in [4.78, 5) is 19.5. The van der Waals surface area contributed by atoms with Crippen molar-refractivity contribution in [3.63, 3.8) is 0 Å². The maximum absolute atomic E-state index is 10.8. The quantitative estimate of drug-likeness (QED) is 0.257. The highest BCUT2D eigenvalue weighted by molar-refractivity contribution is 7.99. The molecule has 0 radical (unpaired) electrons. The molecule has 0 heterocycles. The Morgan fingerprint density at radius 2 is 1.71 bits per heavy atom. The molecule has 3 aromatic carbocycles. The van der Waals surface area contributed by atoms with Gasteiger partial charge in [-0.05, 0) is 54.3 Å². The minimum Gasteiger partial charge on any atom is -0.489 e. The van der Waals surface area contributed by atoms with Crippen molar-refractivity contribution in [1.29, 1.82) is 0 Å². The van der Waals surface area contributed by atoms with Crippen molar-refractivity contribution in [1.82, 2.24) is 0 Å². The first-order valence-corrected chi connectivity index (χ1v) is 13.1.